The summed E-state index contributed by atoms with van der Waals surface area (Å²) in [5.41, 5.74) is 0. The molecule has 0 amide bonds. The number of rotatable bonds is 1. The highest BCUT2D eigenvalue weighted by molar-refractivity contribution is 8.13. The number of halogens is 2. The summed E-state index contributed by atoms with van der Waals surface area (Å²) in [5, 5.41) is 0.218. The highest BCUT2D eigenvalue weighted by Crippen LogP contribution is 2.23. The summed E-state index contributed by atoms with van der Waals surface area (Å²) < 4.78 is 12.7. The Labute approximate surface area is 78.9 Å². The number of hydrogen-bond donors (Lipinski definition) is 0. The van der Waals surface area contributed by atoms with Crippen molar-refractivity contribution < 1.29 is 9.18 Å². The van der Waals surface area contributed by atoms with E-state index in [0.29, 0.717) is 9.92 Å². The Kier molecular flexibility index (Phi) is 3.12. The van der Waals surface area contributed by atoms with Gasteiger partial charge in [0.2, 0.25) is 0 Å². The van der Waals surface area contributed by atoms with Crippen molar-refractivity contribution in [2.75, 3.05) is 0 Å². The van der Waals surface area contributed by atoms with E-state index in [9.17, 15) is 9.18 Å². The lowest BCUT2D eigenvalue weighted by Gasteiger charge is -1.97. The molecule has 1 rings (SSSR count). The topological polar surface area (TPSA) is 17.1 Å². The first-order valence-electron chi connectivity index (χ1n) is 3.22. The Morgan fingerprint density at radius 3 is 2.67 bits per heavy atom. The molecule has 1 aromatic rings. The Balaban J connectivity index is 2.93. The van der Waals surface area contributed by atoms with Crippen molar-refractivity contribution in [3.05, 3.63) is 29.0 Å². The van der Waals surface area contributed by atoms with Gasteiger partial charge in [0.1, 0.15) is 5.82 Å². The van der Waals surface area contributed by atoms with E-state index in [1.54, 1.807) is 6.07 Å². The lowest BCUT2D eigenvalue weighted by molar-refractivity contribution is -0.109. The van der Waals surface area contributed by atoms with Gasteiger partial charge >= 0.3 is 0 Å². The molecule has 0 radical (unpaired) electrons. The van der Waals surface area contributed by atoms with Crippen LogP contribution in [0.1, 0.15) is 6.92 Å². The van der Waals surface area contributed by atoms with Crippen LogP contribution in [0.4, 0.5) is 4.39 Å². The third-order valence-corrected chi connectivity index (χ3v) is 2.07. The van der Waals surface area contributed by atoms with Crippen molar-refractivity contribution in [1.29, 1.82) is 0 Å². The summed E-state index contributed by atoms with van der Waals surface area (Å²) in [5.74, 6) is -0.425. The minimum atomic E-state index is -0.425. The van der Waals surface area contributed by atoms with Crippen molar-refractivity contribution in [3.8, 4) is 0 Å². The Hall–Kier alpha value is -0.540. The standard InChI is InChI=1S/C8H6ClFOS/c1-5(11)12-8-3-6(9)2-7(10)4-8/h2-4H,1H3. The first kappa shape index (κ1) is 9.55. The van der Waals surface area contributed by atoms with Crippen LogP contribution in [0.25, 0.3) is 0 Å². The van der Waals surface area contributed by atoms with Gasteiger partial charge in [0.25, 0.3) is 0 Å². The van der Waals surface area contributed by atoms with Crippen LogP contribution in [0.5, 0.6) is 0 Å². The molecule has 0 fully saturated rings. The second-order valence-electron chi connectivity index (χ2n) is 2.20. The lowest BCUT2D eigenvalue weighted by Crippen LogP contribution is -1.82. The molecule has 0 aliphatic rings. The van der Waals surface area contributed by atoms with E-state index >= 15 is 0 Å². The van der Waals surface area contributed by atoms with Gasteiger partial charge in [-0.25, -0.2) is 4.39 Å². The maximum Gasteiger partial charge on any atom is 0.190 e. The van der Waals surface area contributed by atoms with Crippen LogP contribution in [0, 0.1) is 5.82 Å². The minimum absolute atomic E-state index is 0.0864. The quantitative estimate of drug-likeness (QED) is 0.654. The summed E-state index contributed by atoms with van der Waals surface area (Å²) >= 11 is 6.53. The van der Waals surface area contributed by atoms with Crippen LogP contribution >= 0.6 is 23.4 Å². The van der Waals surface area contributed by atoms with Crippen LogP contribution in [-0.2, 0) is 4.79 Å². The second-order valence-corrected chi connectivity index (χ2v) is 3.89. The first-order valence-corrected chi connectivity index (χ1v) is 4.42. The number of thioether (sulfide) groups is 1. The molecule has 0 saturated heterocycles. The summed E-state index contributed by atoms with van der Waals surface area (Å²) in [4.78, 5) is 11.2. The second kappa shape index (κ2) is 3.92. The molecule has 0 atom stereocenters. The fraction of sp³-hybridized carbons (Fsp3) is 0.125. The molecule has 0 unspecified atom stereocenters. The van der Waals surface area contributed by atoms with Gasteiger partial charge in [-0.1, -0.05) is 23.4 Å². The molecule has 0 N–H and O–H groups in total. The Morgan fingerprint density at radius 1 is 1.50 bits per heavy atom. The normalized spacial score (nSPS) is 9.92. The van der Waals surface area contributed by atoms with E-state index in [-0.39, 0.29) is 5.12 Å². The summed E-state index contributed by atoms with van der Waals surface area (Å²) in [6.07, 6.45) is 0. The molecule has 64 valence electrons. The summed E-state index contributed by atoms with van der Waals surface area (Å²) in [7, 11) is 0. The van der Waals surface area contributed by atoms with Crippen LogP contribution in [-0.4, -0.2) is 5.12 Å². The zero-order valence-corrected chi connectivity index (χ0v) is 7.88. The molecular formula is C8H6ClFOS. The summed E-state index contributed by atoms with van der Waals surface area (Å²) in [6.45, 7) is 1.42. The number of hydrogen-bond acceptors (Lipinski definition) is 2. The van der Waals surface area contributed by atoms with E-state index in [0.717, 1.165) is 11.8 Å². The Bertz CT molecular complexity index is 294. The molecule has 0 aliphatic heterocycles. The molecule has 4 heteroatoms. The van der Waals surface area contributed by atoms with Gasteiger partial charge in [-0.05, 0) is 18.2 Å². The van der Waals surface area contributed by atoms with Crippen LogP contribution < -0.4 is 0 Å². The van der Waals surface area contributed by atoms with E-state index in [1.807, 2.05) is 0 Å². The van der Waals surface area contributed by atoms with Crippen LogP contribution in [0.2, 0.25) is 5.02 Å². The fourth-order valence-corrected chi connectivity index (χ4v) is 1.73. The number of carbonyl (C=O) groups is 1. The van der Waals surface area contributed by atoms with Gasteiger partial charge in [0.15, 0.2) is 5.12 Å². The molecular weight excluding hydrogens is 199 g/mol. The van der Waals surface area contributed by atoms with Gasteiger partial charge in [-0.3, -0.25) is 4.79 Å². The number of carbonyl (C=O) groups excluding carboxylic acids is 1. The maximum absolute atomic E-state index is 12.7. The predicted molar refractivity (Wildman–Crippen MR) is 47.9 cm³/mol. The average Bonchev–Trinajstić information content (AvgIpc) is 1.81. The van der Waals surface area contributed by atoms with Crippen LogP contribution in [0.3, 0.4) is 0 Å². The lowest BCUT2D eigenvalue weighted by atomic mass is 10.3. The van der Waals surface area contributed by atoms with E-state index in [1.165, 1.54) is 19.1 Å². The van der Waals surface area contributed by atoms with E-state index in [2.05, 4.69) is 0 Å². The highest BCUT2D eigenvalue weighted by atomic mass is 35.5. The van der Waals surface area contributed by atoms with Gasteiger partial charge in [-0.2, -0.15) is 0 Å². The van der Waals surface area contributed by atoms with Crippen LogP contribution in [0.15, 0.2) is 23.1 Å². The molecule has 0 saturated carbocycles. The molecule has 1 aromatic carbocycles. The van der Waals surface area contributed by atoms with Crippen molar-refractivity contribution in [1.82, 2.24) is 0 Å². The maximum atomic E-state index is 12.7. The monoisotopic (exact) mass is 204 g/mol. The van der Waals surface area contributed by atoms with Gasteiger partial charge < -0.3 is 0 Å². The average molecular weight is 205 g/mol. The van der Waals surface area contributed by atoms with Gasteiger partial charge in [0, 0.05) is 16.8 Å². The molecule has 0 bridgehead atoms. The zero-order valence-electron chi connectivity index (χ0n) is 6.30. The van der Waals surface area contributed by atoms with E-state index < -0.39 is 5.82 Å². The fourth-order valence-electron chi connectivity index (χ4n) is 0.753. The summed E-state index contributed by atoms with van der Waals surface area (Å²) in [6, 6.07) is 4.03. The third kappa shape index (κ3) is 2.83. The molecule has 0 spiro atoms. The van der Waals surface area contributed by atoms with Gasteiger partial charge in [-0.15, -0.1) is 0 Å². The molecule has 1 nitrogen and oxygen atoms in total. The van der Waals surface area contributed by atoms with Crippen molar-refractivity contribution >= 4 is 28.5 Å². The smallest absolute Gasteiger partial charge is 0.190 e. The molecule has 0 aromatic heterocycles. The van der Waals surface area contributed by atoms with E-state index in [4.69, 9.17) is 11.6 Å². The predicted octanol–water partition coefficient (Wildman–Crippen LogP) is 3.12. The zero-order chi connectivity index (χ0) is 9.14. The minimum Gasteiger partial charge on any atom is -0.287 e. The Morgan fingerprint density at radius 2 is 2.17 bits per heavy atom. The van der Waals surface area contributed by atoms with Crippen molar-refractivity contribution in [3.63, 3.8) is 0 Å². The van der Waals surface area contributed by atoms with Crippen molar-refractivity contribution in [2.24, 2.45) is 0 Å². The first-order chi connectivity index (χ1) is 5.58. The molecule has 12 heavy (non-hydrogen) atoms. The molecule has 0 heterocycles. The highest BCUT2D eigenvalue weighted by Gasteiger charge is 2.02. The molecule has 0 aliphatic carbocycles. The largest absolute Gasteiger partial charge is 0.287 e. The number of benzene rings is 1. The third-order valence-electron chi connectivity index (χ3n) is 1.10. The SMILES string of the molecule is CC(=O)Sc1cc(F)cc(Cl)c1. The van der Waals surface area contributed by atoms with Gasteiger partial charge in [0.05, 0.1) is 0 Å². The van der Waals surface area contributed by atoms with Crippen molar-refractivity contribution in [2.45, 2.75) is 11.8 Å².